The lowest BCUT2D eigenvalue weighted by molar-refractivity contribution is -0.121. The second kappa shape index (κ2) is 17.7. The van der Waals surface area contributed by atoms with Gasteiger partial charge in [0, 0.05) is 23.2 Å². The van der Waals surface area contributed by atoms with E-state index in [1.807, 2.05) is 53.2 Å². The molecule has 0 aromatic heterocycles. The van der Waals surface area contributed by atoms with Crippen LogP contribution in [0, 0.1) is 11.6 Å². The first-order valence-electron chi connectivity index (χ1n) is 15.5. The standard InChI is InChI=1S/C18H20FN2O2P.C18H19FN2O2.HI/c19-15-4-2-1-3-13(15)11-23-14-7-5-12(6-8-14)16-9-10-17(18(20)22)21(16)24;19-15-4-2-1-3-13(15)11-23-14-7-5-12(6-8-14)16-9-10-17(21-16)18(20)22;/h1-8,16-17H,9-11,24H2,(H2,20,22);1-8,16-17,21H,9-11H2,(H2,20,22);1H/t2*16-,17+;/m11./s1. The fraction of sp³-hybridized carbons (Fsp3) is 0.278. The zero-order valence-corrected chi connectivity index (χ0v) is 29.8. The van der Waals surface area contributed by atoms with Crippen molar-refractivity contribution in [1.82, 2.24) is 9.99 Å². The van der Waals surface area contributed by atoms with Crippen molar-refractivity contribution in [3.63, 3.8) is 0 Å². The molecule has 4 aromatic rings. The van der Waals surface area contributed by atoms with E-state index in [-0.39, 0.29) is 84.8 Å². The molecule has 5 atom stereocenters. The quantitative estimate of drug-likeness (QED) is 0.125. The number of primary amides is 2. The molecule has 2 saturated heterocycles. The van der Waals surface area contributed by atoms with E-state index in [1.165, 1.54) is 12.1 Å². The molecule has 12 heteroatoms. The minimum absolute atomic E-state index is 0. The molecule has 6 rings (SSSR count). The van der Waals surface area contributed by atoms with Crippen molar-refractivity contribution in [1.29, 1.82) is 0 Å². The Morgan fingerprint density at radius 1 is 0.708 bits per heavy atom. The van der Waals surface area contributed by atoms with Gasteiger partial charge < -0.3 is 20.9 Å². The number of carbonyl (C=O) groups is 2. The summed E-state index contributed by atoms with van der Waals surface area (Å²) in [5.41, 5.74) is 14.0. The van der Waals surface area contributed by atoms with Gasteiger partial charge >= 0.3 is 0 Å². The molecule has 2 aliphatic heterocycles. The molecule has 2 amide bonds. The Balaban J connectivity index is 0.000000212. The summed E-state index contributed by atoms with van der Waals surface area (Å²) in [4.78, 5) is 22.6. The predicted octanol–water partition coefficient (Wildman–Crippen LogP) is 6.49. The van der Waals surface area contributed by atoms with Gasteiger partial charge in [-0.2, -0.15) is 0 Å². The summed E-state index contributed by atoms with van der Waals surface area (Å²) >= 11 is 0. The molecule has 0 saturated carbocycles. The Labute approximate surface area is 298 Å². The number of benzene rings is 4. The predicted molar refractivity (Wildman–Crippen MR) is 194 cm³/mol. The molecule has 4 aromatic carbocycles. The second-order valence-corrected chi connectivity index (χ2v) is 12.2. The van der Waals surface area contributed by atoms with Gasteiger partial charge in [0.15, 0.2) is 0 Å². The molecule has 2 aliphatic rings. The fourth-order valence-corrected chi connectivity index (χ4v) is 6.44. The summed E-state index contributed by atoms with van der Waals surface area (Å²) in [6, 6.07) is 28.2. The van der Waals surface area contributed by atoms with Crippen LogP contribution in [0.5, 0.6) is 11.5 Å². The van der Waals surface area contributed by atoms with Crippen LogP contribution in [0.15, 0.2) is 97.1 Å². The molecule has 0 radical (unpaired) electrons. The van der Waals surface area contributed by atoms with Gasteiger partial charge in [0.05, 0.1) is 12.1 Å². The van der Waals surface area contributed by atoms with Crippen LogP contribution in [0.3, 0.4) is 0 Å². The summed E-state index contributed by atoms with van der Waals surface area (Å²) in [6.45, 7) is 0.381. The maximum atomic E-state index is 13.6. The number of nitrogens with two attached hydrogens (primary N) is 2. The largest absolute Gasteiger partial charge is 0.489 e. The van der Waals surface area contributed by atoms with Gasteiger partial charge in [-0.15, -0.1) is 24.0 Å². The van der Waals surface area contributed by atoms with Crippen LogP contribution in [0.25, 0.3) is 0 Å². The van der Waals surface area contributed by atoms with Gasteiger partial charge in [-0.1, -0.05) is 70.1 Å². The van der Waals surface area contributed by atoms with Crippen LogP contribution in [0.2, 0.25) is 0 Å². The fourth-order valence-electron chi connectivity index (χ4n) is 5.82. The van der Waals surface area contributed by atoms with E-state index in [0.717, 1.165) is 36.8 Å². The molecule has 5 N–H and O–H groups in total. The number of hydrogen-bond donors (Lipinski definition) is 3. The lowest BCUT2D eigenvalue weighted by Crippen LogP contribution is -2.37. The SMILES string of the molecule is I.NC(=O)[C@@H]1CC[C@H](c2ccc(OCc3ccccc3F)cc2)N1.NC(=O)[C@@H]1CC[C@H](c2ccc(OCc3ccccc3F)cc2)N1P. The Morgan fingerprint density at radius 2 is 1.21 bits per heavy atom. The molecule has 254 valence electrons. The highest BCUT2D eigenvalue weighted by molar-refractivity contribution is 14.0. The maximum absolute atomic E-state index is 13.6. The first kappa shape index (κ1) is 37.2. The third-order valence-corrected chi connectivity index (χ3v) is 9.22. The molecular formula is C36H40F2IN4O4P. The average Bonchev–Trinajstić information content (AvgIpc) is 3.73. The van der Waals surface area contributed by atoms with Gasteiger partial charge in [-0.3, -0.25) is 19.6 Å². The van der Waals surface area contributed by atoms with Crippen LogP contribution < -0.4 is 26.3 Å². The topological polar surface area (TPSA) is 120 Å². The Kier molecular flexibility index (Phi) is 13.7. The van der Waals surface area contributed by atoms with Crippen molar-refractivity contribution in [3.05, 3.63) is 131 Å². The highest BCUT2D eigenvalue weighted by Gasteiger charge is 2.35. The highest BCUT2D eigenvalue weighted by Crippen LogP contribution is 2.39. The molecule has 8 nitrogen and oxygen atoms in total. The summed E-state index contributed by atoms with van der Waals surface area (Å²) in [6.07, 6.45) is 3.27. The van der Waals surface area contributed by atoms with Gasteiger partial charge in [0.25, 0.3) is 0 Å². The van der Waals surface area contributed by atoms with Crippen LogP contribution in [0.4, 0.5) is 8.78 Å². The number of amides is 2. The molecule has 0 spiro atoms. The summed E-state index contributed by atoms with van der Waals surface area (Å²) in [5, 5.41) is 3.23. The Hall–Kier alpha value is -3.64. The zero-order valence-electron chi connectivity index (χ0n) is 26.3. The normalized spacial score (nSPS) is 20.2. The molecular weight excluding hydrogens is 748 g/mol. The number of nitrogens with one attached hydrogen (secondary N) is 1. The highest BCUT2D eigenvalue weighted by atomic mass is 127. The number of ether oxygens (including phenoxy) is 2. The third kappa shape index (κ3) is 9.72. The van der Waals surface area contributed by atoms with Gasteiger partial charge in [0.1, 0.15) is 36.3 Å². The van der Waals surface area contributed by atoms with Crippen molar-refractivity contribution >= 4 is 45.2 Å². The van der Waals surface area contributed by atoms with E-state index in [0.29, 0.717) is 22.6 Å². The lowest BCUT2D eigenvalue weighted by atomic mass is 10.1. The van der Waals surface area contributed by atoms with E-state index in [9.17, 15) is 18.4 Å². The number of halogens is 3. The van der Waals surface area contributed by atoms with E-state index in [2.05, 4.69) is 14.7 Å². The first-order chi connectivity index (χ1) is 22.7. The Bertz CT molecular complexity index is 1660. The van der Waals surface area contributed by atoms with Crippen LogP contribution in [-0.4, -0.2) is 28.6 Å². The second-order valence-electron chi connectivity index (χ2n) is 11.6. The zero-order chi connectivity index (χ0) is 33.3. The smallest absolute Gasteiger partial charge is 0.235 e. The molecule has 48 heavy (non-hydrogen) atoms. The van der Waals surface area contributed by atoms with Crippen LogP contribution in [-0.2, 0) is 22.8 Å². The molecule has 0 aliphatic carbocycles. The van der Waals surface area contributed by atoms with Gasteiger partial charge in [0.2, 0.25) is 11.8 Å². The van der Waals surface area contributed by atoms with Gasteiger partial charge in [-0.25, -0.2) is 8.78 Å². The number of hydrogen-bond acceptors (Lipinski definition) is 6. The summed E-state index contributed by atoms with van der Waals surface area (Å²) in [7, 11) is 2.61. The lowest BCUT2D eigenvalue weighted by Gasteiger charge is -2.23. The van der Waals surface area contributed by atoms with Crippen molar-refractivity contribution in [2.45, 2.75) is 63.1 Å². The monoisotopic (exact) mass is 788 g/mol. The van der Waals surface area contributed by atoms with E-state index < -0.39 is 0 Å². The Morgan fingerprint density at radius 3 is 1.65 bits per heavy atom. The van der Waals surface area contributed by atoms with Crippen molar-refractivity contribution in [3.8, 4) is 11.5 Å². The van der Waals surface area contributed by atoms with E-state index in [4.69, 9.17) is 20.9 Å². The third-order valence-electron chi connectivity index (χ3n) is 8.50. The van der Waals surface area contributed by atoms with Crippen LogP contribution >= 0.6 is 33.4 Å². The average molecular weight is 789 g/mol. The minimum atomic E-state index is -0.308. The molecule has 1 unspecified atom stereocenters. The van der Waals surface area contributed by atoms with Crippen molar-refractivity contribution in [2.75, 3.05) is 0 Å². The minimum Gasteiger partial charge on any atom is -0.489 e. The summed E-state index contributed by atoms with van der Waals surface area (Å²) < 4.78 is 40.3. The number of carbonyl (C=O) groups excluding carboxylic acids is 2. The van der Waals surface area contributed by atoms with Crippen LogP contribution in [0.1, 0.15) is 60.0 Å². The van der Waals surface area contributed by atoms with Crippen molar-refractivity contribution < 1.29 is 27.8 Å². The van der Waals surface area contributed by atoms with E-state index in [1.54, 1.807) is 36.4 Å². The van der Waals surface area contributed by atoms with Crippen molar-refractivity contribution in [2.24, 2.45) is 11.5 Å². The number of nitrogens with zero attached hydrogens (tertiary/aromatic N) is 1. The molecule has 0 bridgehead atoms. The molecule has 2 heterocycles. The summed E-state index contributed by atoms with van der Waals surface area (Å²) in [5.74, 6) is 0.228. The van der Waals surface area contributed by atoms with Gasteiger partial charge in [-0.05, 0) is 73.2 Å². The maximum Gasteiger partial charge on any atom is 0.235 e. The van der Waals surface area contributed by atoms with E-state index >= 15 is 0 Å². The first-order valence-corrected chi connectivity index (χ1v) is 16.0. The molecule has 2 fully saturated rings. The number of rotatable bonds is 10.